The molecule has 0 amide bonds. The minimum atomic E-state index is 0.601. The molecule has 0 aliphatic rings. The molecule has 0 radical (unpaired) electrons. The van der Waals surface area contributed by atoms with E-state index in [9.17, 15) is 0 Å². The van der Waals surface area contributed by atoms with E-state index in [0.717, 1.165) is 11.3 Å². The summed E-state index contributed by atoms with van der Waals surface area (Å²) in [4.78, 5) is 2.36. The Morgan fingerprint density at radius 1 is 1.06 bits per heavy atom. The summed E-state index contributed by atoms with van der Waals surface area (Å²) in [6.07, 6.45) is 0.750. The van der Waals surface area contributed by atoms with Gasteiger partial charge in [0.2, 0.25) is 0 Å². The SMILES string of the molecule is ClCCC#Cc1ccc(-c2ccccc2)s1. The minimum Gasteiger partial charge on any atom is -0.127 e. The Hall–Kier alpha value is -1.23. The Bertz CT molecular complexity index is 502. The van der Waals surface area contributed by atoms with E-state index >= 15 is 0 Å². The van der Waals surface area contributed by atoms with Crippen molar-refractivity contribution in [3.05, 3.63) is 47.3 Å². The van der Waals surface area contributed by atoms with Crippen molar-refractivity contribution in [2.45, 2.75) is 6.42 Å². The van der Waals surface area contributed by atoms with Gasteiger partial charge in [0.15, 0.2) is 0 Å². The van der Waals surface area contributed by atoms with Gasteiger partial charge < -0.3 is 0 Å². The molecular formula is C14H11ClS. The number of alkyl halides is 1. The first-order chi connectivity index (χ1) is 7.90. The van der Waals surface area contributed by atoms with Crippen molar-refractivity contribution in [1.82, 2.24) is 0 Å². The van der Waals surface area contributed by atoms with Crippen molar-refractivity contribution in [2.24, 2.45) is 0 Å². The van der Waals surface area contributed by atoms with Crippen molar-refractivity contribution < 1.29 is 0 Å². The van der Waals surface area contributed by atoms with Crippen LogP contribution in [-0.2, 0) is 0 Å². The summed E-state index contributed by atoms with van der Waals surface area (Å²) in [6, 6.07) is 14.5. The summed E-state index contributed by atoms with van der Waals surface area (Å²) in [5, 5.41) is 0. The number of hydrogen-bond acceptors (Lipinski definition) is 1. The van der Waals surface area contributed by atoms with Crippen LogP contribution < -0.4 is 0 Å². The predicted molar refractivity (Wildman–Crippen MR) is 72.0 cm³/mol. The maximum Gasteiger partial charge on any atom is 0.0775 e. The molecule has 0 saturated heterocycles. The van der Waals surface area contributed by atoms with Gasteiger partial charge in [0.25, 0.3) is 0 Å². The first kappa shape index (κ1) is 11.3. The molecule has 0 fully saturated rings. The van der Waals surface area contributed by atoms with Crippen LogP contribution in [0.2, 0.25) is 0 Å². The number of rotatable bonds is 2. The minimum absolute atomic E-state index is 0.601. The van der Waals surface area contributed by atoms with Crippen LogP contribution in [-0.4, -0.2) is 5.88 Å². The monoisotopic (exact) mass is 246 g/mol. The maximum atomic E-state index is 5.57. The molecule has 0 nitrogen and oxygen atoms in total. The molecule has 0 aliphatic carbocycles. The van der Waals surface area contributed by atoms with E-state index in [1.807, 2.05) is 18.2 Å². The highest BCUT2D eigenvalue weighted by molar-refractivity contribution is 7.16. The highest BCUT2D eigenvalue weighted by Gasteiger charge is 1.99. The lowest BCUT2D eigenvalue weighted by Crippen LogP contribution is -1.68. The molecule has 1 heterocycles. The van der Waals surface area contributed by atoms with E-state index in [1.54, 1.807) is 11.3 Å². The number of thiophene rings is 1. The molecule has 0 saturated carbocycles. The molecule has 0 unspecified atom stereocenters. The highest BCUT2D eigenvalue weighted by atomic mass is 35.5. The third-order valence-corrected chi connectivity index (χ3v) is 3.33. The highest BCUT2D eigenvalue weighted by Crippen LogP contribution is 2.27. The second-order valence-corrected chi connectivity index (χ2v) is 4.73. The van der Waals surface area contributed by atoms with Crippen molar-refractivity contribution in [1.29, 1.82) is 0 Å². The maximum absolute atomic E-state index is 5.57. The summed E-state index contributed by atoms with van der Waals surface area (Å²) < 4.78 is 0. The molecule has 1 aromatic carbocycles. The summed E-state index contributed by atoms with van der Waals surface area (Å²) in [5.41, 5.74) is 1.25. The average Bonchev–Trinajstić information content (AvgIpc) is 2.79. The van der Waals surface area contributed by atoms with Crippen LogP contribution in [0.3, 0.4) is 0 Å². The molecule has 2 heteroatoms. The number of halogens is 1. The van der Waals surface area contributed by atoms with Crippen LogP contribution in [0.1, 0.15) is 11.3 Å². The molecule has 1 aromatic heterocycles. The summed E-state index contributed by atoms with van der Waals surface area (Å²) in [6.45, 7) is 0. The van der Waals surface area contributed by atoms with Crippen LogP contribution in [0.4, 0.5) is 0 Å². The molecule has 0 bridgehead atoms. The van der Waals surface area contributed by atoms with E-state index in [-0.39, 0.29) is 0 Å². The second kappa shape index (κ2) is 5.75. The standard InChI is InChI=1S/C14H11ClS/c15-11-5-4-8-13-9-10-14(16-13)12-6-2-1-3-7-12/h1-3,6-7,9-10H,5,11H2. The predicted octanol–water partition coefficient (Wildman–Crippen LogP) is 4.40. The van der Waals surface area contributed by atoms with Gasteiger partial charge in [-0.25, -0.2) is 0 Å². The van der Waals surface area contributed by atoms with Crippen molar-refractivity contribution >= 4 is 22.9 Å². The molecule has 0 spiro atoms. The fraction of sp³-hybridized carbons (Fsp3) is 0.143. The van der Waals surface area contributed by atoms with Crippen LogP contribution in [0, 0.1) is 11.8 Å². The Morgan fingerprint density at radius 2 is 1.88 bits per heavy atom. The lowest BCUT2D eigenvalue weighted by Gasteiger charge is -1.93. The zero-order chi connectivity index (χ0) is 11.2. The third kappa shape index (κ3) is 2.88. The van der Waals surface area contributed by atoms with Crippen LogP contribution in [0.5, 0.6) is 0 Å². The Labute approximate surface area is 105 Å². The van der Waals surface area contributed by atoms with Crippen molar-refractivity contribution in [3.8, 4) is 22.3 Å². The fourth-order valence-corrected chi connectivity index (χ4v) is 2.34. The van der Waals surface area contributed by atoms with Crippen LogP contribution in [0.15, 0.2) is 42.5 Å². The van der Waals surface area contributed by atoms with E-state index in [1.165, 1.54) is 10.4 Å². The quantitative estimate of drug-likeness (QED) is 0.544. The molecule has 0 aliphatic heterocycles. The zero-order valence-electron chi connectivity index (χ0n) is 8.74. The Morgan fingerprint density at radius 3 is 2.62 bits per heavy atom. The van der Waals surface area contributed by atoms with Crippen molar-refractivity contribution in [3.63, 3.8) is 0 Å². The molecule has 16 heavy (non-hydrogen) atoms. The third-order valence-electron chi connectivity index (χ3n) is 2.10. The van der Waals surface area contributed by atoms with Crippen LogP contribution in [0.25, 0.3) is 10.4 Å². The fourth-order valence-electron chi connectivity index (χ4n) is 1.36. The average molecular weight is 247 g/mol. The molecular weight excluding hydrogens is 236 g/mol. The normalized spacial score (nSPS) is 9.56. The molecule has 0 N–H and O–H groups in total. The molecule has 80 valence electrons. The lowest BCUT2D eigenvalue weighted by molar-refractivity contribution is 1.29. The van der Waals surface area contributed by atoms with E-state index in [2.05, 4.69) is 36.1 Å². The van der Waals surface area contributed by atoms with Crippen molar-refractivity contribution in [2.75, 3.05) is 5.88 Å². The van der Waals surface area contributed by atoms with Gasteiger partial charge in [0, 0.05) is 17.2 Å². The van der Waals surface area contributed by atoms with E-state index < -0.39 is 0 Å². The summed E-state index contributed by atoms with van der Waals surface area (Å²) in [5.74, 6) is 6.77. The van der Waals surface area contributed by atoms with Crippen LogP contribution >= 0.6 is 22.9 Å². The topological polar surface area (TPSA) is 0 Å². The van der Waals surface area contributed by atoms with E-state index in [0.29, 0.717) is 5.88 Å². The van der Waals surface area contributed by atoms with Gasteiger partial charge in [-0.1, -0.05) is 42.2 Å². The summed E-state index contributed by atoms with van der Waals surface area (Å²) >= 11 is 7.29. The van der Waals surface area contributed by atoms with E-state index in [4.69, 9.17) is 11.6 Å². The first-order valence-corrected chi connectivity index (χ1v) is 6.45. The Balaban J connectivity index is 2.18. The number of hydrogen-bond donors (Lipinski definition) is 0. The molecule has 0 atom stereocenters. The van der Waals surface area contributed by atoms with Gasteiger partial charge in [-0.15, -0.1) is 22.9 Å². The lowest BCUT2D eigenvalue weighted by atomic mass is 10.2. The Kier molecular flexibility index (Phi) is 4.04. The van der Waals surface area contributed by atoms with Gasteiger partial charge in [-0.3, -0.25) is 0 Å². The second-order valence-electron chi connectivity index (χ2n) is 3.27. The van der Waals surface area contributed by atoms with Gasteiger partial charge in [-0.05, 0) is 17.7 Å². The molecule has 2 rings (SSSR count). The van der Waals surface area contributed by atoms with Gasteiger partial charge in [-0.2, -0.15) is 0 Å². The van der Waals surface area contributed by atoms with Gasteiger partial charge in [0.1, 0.15) is 0 Å². The summed E-state index contributed by atoms with van der Waals surface area (Å²) in [7, 11) is 0. The zero-order valence-corrected chi connectivity index (χ0v) is 10.3. The molecule has 2 aromatic rings. The first-order valence-electron chi connectivity index (χ1n) is 5.10. The number of benzene rings is 1. The smallest absolute Gasteiger partial charge is 0.0775 e. The largest absolute Gasteiger partial charge is 0.127 e. The van der Waals surface area contributed by atoms with Gasteiger partial charge >= 0.3 is 0 Å². The van der Waals surface area contributed by atoms with Gasteiger partial charge in [0.05, 0.1) is 4.88 Å².